The molecule has 1 heterocycles. The number of anilines is 1. The molecule has 1 saturated carbocycles. The van der Waals surface area contributed by atoms with E-state index in [2.05, 4.69) is 27.2 Å². The van der Waals surface area contributed by atoms with Gasteiger partial charge in [-0.15, -0.1) is 0 Å². The van der Waals surface area contributed by atoms with Crippen LogP contribution in [-0.4, -0.2) is 32.2 Å². The van der Waals surface area contributed by atoms with Gasteiger partial charge in [-0.1, -0.05) is 19.8 Å². The van der Waals surface area contributed by atoms with Crippen LogP contribution < -0.4 is 5.32 Å². The lowest BCUT2D eigenvalue weighted by Gasteiger charge is -2.35. The summed E-state index contributed by atoms with van der Waals surface area (Å²) < 4.78 is 0. The van der Waals surface area contributed by atoms with Gasteiger partial charge < -0.3 is 10.4 Å². The Morgan fingerprint density at radius 2 is 2.00 bits per heavy atom. The number of hydrogen-bond acceptors (Lipinski definition) is 5. The molecule has 0 saturated heterocycles. The lowest BCUT2D eigenvalue weighted by Crippen LogP contribution is -2.41. The van der Waals surface area contributed by atoms with Crippen molar-refractivity contribution >= 4 is 29.2 Å². The zero-order valence-electron chi connectivity index (χ0n) is 10.2. The molecule has 1 fully saturated rings. The van der Waals surface area contributed by atoms with E-state index in [9.17, 15) is 5.11 Å². The molecule has 7 heteroatoms. The van der Waals surface area contributed by atoms with E-state index in [0.717, 1.165) is 19.3 Å². The summed E-state index contributed by atoms with van der Waals surface area (Å²) in [5.74, 6) is 0.836. The van der Waals surface area contributed by atoms with Crippen LogP contribution in [0.3, 0.4) is 0 Å². The van der Waals surface area contributed by atoms with Crippen LogP contribution in [0.5, 0.6) is 0 Å². The smallest absolute Gasteiger partial charge is 0.228 e. The minimum Gasteiger partial charge on any atom is -0.388 e. The summed E-state index contributed by atoms with van der Waals surface area (Å²) in [6.45, 7) is 2.55. The van der Waals surface area contributed by atoms with Gasteiger partial charge in [0.1, 0.15) is 0 Å². The molecule has 0 bridgehead atoms. The standard InChI is InChI=1S/C11H16Cl2N4O/c1-7-3-2-4-11(18,5-7)6-14-10-16-8(12)15-9(13)17-10/h7,18H,2-6H2,1H3,(H,14,15,16,17). The average Bonchev–Trinajstić information content (AvgIpc) is 2.25. The second-order valence-corrected chi connectivity index (χ2v) is 5.65. The van der Waals surface area contributed by atoms with Crippen LogP contribution in [0.2, 0.25) is 10.6 Å². The number of aliphatic hydroxyl groups is 1. The molecule has 0 spiro atoms. The van der Waals surface area contributed by atoms with Crippen molar-refractivity contribution < 1.29 is 5.11 Å². The number of nitrogens with zero attached hydrogens (tertiary/aromatic N) is 3. The van der Waals surface area contributed by atoms with Crippen LogP contribution in [0, 0.1) is 5.92 Å². The van der Waals surface area contributed by atoms with Gasteiger partial charge in [0, 0.05) is 6.54 Å². The van der Waals surface area contributed by atoms with Crippen molar-refractivity contribution in [2.75, 3.05) is 11.9 Å². The minimum atomic E-state index is -0.705. The molecule has 2 unspecified atom stereocenters. The summed E-state index contributed by atoms with van der Waals surface area (Å²) in [4.78, 5) is 11.5. The number of hydrogen-bond donors (Lipinski definition) is 2. The summed E-state index contributed by atoms with van der Waals surface area (Å²) >= 11 is 11.4. The van der Waals surface area contributed by atoms with Crippen molar-refractivity contribution in [1.29, 1.82) is 0 Å². The molecular weight excluding hydrogens is 275 g/mol. The van der Waals surface area contributed by atoms with Gasteiger partial charge in [-0.2, -0.15) is 15.0 Å². The highest BCUT2D eigenvalue weighted by molar-refractivity contribution is 6.31. The van der Waals surface area contributed by atoms with Gasteiger partial charge in [-0.05, 0) is 42.0 Å². The highest BCUT2D eigenvalue weighted by Crippen LogP contribution is 2.32. The molecule has 1 aromatic heterocycles. The average molecular weight is 291 g/mol. The second kappa shape index (κ2) is 5.55. The van der Waals surface area contributed by atoms with E-state index in [1.54, 1.807) is 0 Å². The van der Waals surface area contributed by atoms with Crippen molar-refractivity contribution in [2.45, 2.75) is 38.2 Å². The molecule has 0 amide bonds. The molecule has 2 N–H and O–H groups in total. The van der Waals surface area contributed by atoms with E-state index in [-0.39, 0.29) is 10.6 Å². The summed E-state index contributed by atoms with van der Waals surface area (Å²) in [6, 6.07) is 0. The summed E-state index contributed by atoms with van der Waals surface area (Å²) in [5.41, 5.74) is -0.705. The number of rotatable bonds is 3. The van der Waals surface area contributed by atoms with Gasteiger partial charge in [0.05, 0.1) is 5.60 Å². The highest BCUT2D eigenvalue weighted by Gasteiger charge is 2.32. The molecule has 5 nitrogen and oxygen atoms in total. The van der Waals surface area contributed by atoms with Gasteiger partial charge in [0.25, 0.3) is 0 Å². The second-order valence-electron chi connectivity index (χ2n) is 4.98. The Balaban J connectivity index is 1.98. The van der Waals surface area contributed by atoms with Crippen molar-refractivity contribution in [1.82, 2.24) is 15.0 Å². The molecule has 0 aromatic carbocycles. The third-order valence-electron chi connectivity index (χ3n) is 3.22. The SMILES string of the molecule is CC1CCCC(O)(CNc2nc(Cl)nc(Cl)n2)C1. The van der Waals surface area contributed by atoms with Gasteiger partial charge >= 0.3 is 0 Å². The van der Waals surface area contributed by atoms with Gasteiger partial charge in [-0.25, -0.2) is 0 Å². The molecule has 1 aliphatic rings. The normalized spacial score (nSPS) is 28.1. The molecule has 1 aromatic rings. The molecule has 1 aliphatic carbocycles. The molecule has 0 radical (unpaired) electrons. The summed E-state index contributed by atoms with van der Waals surface area (Å²) in [6.07, 6.45) is 3.78. The van der Waals surface area contributed by atoms with Crippen molar-refractivity contribution in [3.63, 3.8) is 0 Å². The first-order valence-electron chi connectivity index (χ1n) is 6.00. The molecule has 0 aliphatic heterocycles. The maximum Gasteiger partial charge on any atom is 0.228 e. The minimum absolute atomic E-state index is 0.0431. The lowest BCUT2D eigenvalue weighted by atomic mass is 9.79. The molecule has 100 valence electrons. The van der Waals surface area contributed by atoms with E-state index in [0.29, 0.717) is 18.4 Å². The van der Waals surface area contributed by atoms with Crippen LogP contribution in [0.1, 0.15) is 32.6 Å². The molecule has 2 rings (SSSR count). The first kappa shape index (κ1) is 13.8. The Labute approximate surface area is 116 Å². The Bertz CT molecular complexity index is 411. The Morgan fingerprint density at radius 1 is 1.33 bits per heavy atom. The summed E-state index contributed by atoms with van der Waals surface area (Å²) in [7, 11) is 0. The van der Waals surface area contributed by atoms with Crippen molar-refractivity contribution in [3.05, 3.63) is 10.6 Å². The Hall–Kier alpha value is -0.650. The largest absolute Gasteiger partial charge is 0.388 e. The fourth-order valence-electron chi connectivity index (χ4n) is 2.44. The number of halogens is 2. The number of nitrogens with one attached hydrogen (secondary N) is 1. The third kappa shape index (κ3) is 3.67. The van der Waals surface area contributed by atoms with Crippen LogP contribution in [0.15, 0.2) is 0 Å². The van der Waals surface area contributed by atoms with Crippen molar-refractivity contribution in [2.24, 2.45) is 5.92 Å². The van der Waals surface area contributed by atoms with Crippen LogP contribution in [-0.2, 0) is 0 Å². The lowest BCUT2D eigenvalue weighted by molar-refractivity contribution is -0.000900. The van der Waals surface area contributed by atoms with E-state index >= 15 is 0 Å². The van der Waals surface area contributed by atoms with E-state index in [1.807, 2.05) is 0 Å². The highest BCUT2D eigenvalue weighted by atomic mass is 35.5. The predicted molar refractivity (Wildman–Crippen MR) is 70.9 cm³/mol. The fourth-order valence-corrected chi connectivity index (χ4v) is 2.80. The summed E-state index contributed by atoms with van der Waals surface area (Å²) in [5, 5.41) is 13.5. The maximum atomic E-state index is 10.4. The van der Waals surface area contributed by atoms with Gasteiger partial charge in [-0.3, -0.25) is 0 Å². The first-order valence-corrected chi connectivity index (χ1v) is 6.76. The molecule has 18 heavy (non-hydrogen) atoms. The van der Waals surface area contributed by atoms with E-state index < -0.39 is 5.60 Å². The van der Waals surface area contributed by atoms with Crippen molar-refractivity contribution in [3.8, 4) is 0 Å². The Kier molecular flexibility index (Phi) is 4.25. The van der Waals surface area contributed by atoms with Gasteiger partial charge in [0.15, 0.2) is 0 Å². The van der Waals surface area contributed by atoms with E-state index in [4.69, 9.17) is 23.2 Å². The zero-order valence-corrected chi connectivity index (χ0v) is 11.7. The topological polar surface area (TPSA) is 70.9 Å². The van der Waals surface area contributed by atoms with E-state index in [1.165, 1.54) is 6.42 Å². The van der Waals surface area contributed by atoms with Crippen LogP contribution in [0.25, 0.3) is 0 Å². The number of aromatic nitrogens is 3. The maximum absolute atomic E-state index is 10.4. The van der Waals surface area contributed by atoms with Crippen LogP contribution >= 0.6 is 23.2 Å². The quantitative estimate of drug-likeness (QED) is 0.895. The molecular formula is C11H16Cl2N4O. The first-order chi connectivity index (χ1) is 8.47. The molecule has 2 atom stereocenters. The fraction of sp³-hybridized carbons (Fsp3) is 0.727. The zero-order chi connectivity index (χ0) is 13.2. The van der Waals surface area contributed by atoms with Crippen LogP contribution in [0.4, 0.5) is 5.95 Å². The Morgan fingerprint density at radius 3 is 2.61 bits per heavy atom. The third-order valence-corrected chi connectivity index (χ3v) is 3.56. The monoisotopic (exact) mass is 290 g/mol. The van der Waals surface area contributed by atoms with Gasteiger partial charge in [0.2, 0.25) is 16.5 Å². The predicted octanol–water partition coefficient (Wildman–Crippen LogP) is 2.53.